The molecule has 1 saturated heterocycles. The highest BCUT2D eigenvalue weighted by atomic mass is 19.1. The number of ether oxygens (including phenoxy) is 1. The molecule has 0 saturated carbocycles. The van der Waals surface area contributed by atoms with Gasteiger partial charge in [0.1, 0.15) is 11.9 Å². The van der Waals surface area contributed by atoms with Crippen LogP contribution < -0.4 is 9.80 Å². The normalized spacial score (nSPS) is 18.1. The molecule has 0 unspecified atom stereocenters. The monoisotopic (exact) mass is 410 g/mol. The number of cyclic esters (lactones) is 1. The van der Waals surface area contributed by atoms with Gasteiger partial charge in [0.05, 0.1) is 18.8 Å². The lowest BCUT2D eigenvalue weighted by Gasteiger charge is -2.14. The number of aryl methyl sites for hydroxylation is 1. The molecule has 1 amide bonds. The Labute approximate surface area is 171 Å². The number of aliphatic hydroxyl groups excluding tert-OH is 1. The van der Waals surface area contributed by atoms with Crippen molar-refractivity contribution >= 4 is 17.7 Å². The van der Waals surface area contributed by atoms with E-state index in [2.05, 4.69) is 20.4 Å². The second-order valence-corrected chi connectivity index (χ2v) is 7.41. The molecule has 1 aromatic heterocycles. The third-order valence-corrected chi connectivity index (χ3v) is 5.46. The minimum absolute atomic E-state index is 0.194. The van der Waals surface area contributed by atoms with Crippen LogP contribution >= 0.6 is 0 Å². The Hall–Kier alpha value is -3.53. The maximum Gasteiger partial charge on any atom is 0.414 e. The number of hydrogen-bond donors (Lipinski definition) is 1. The molecular weight excluding hydrogens is 391 g/mol. The molecule has 1 atom stereocenters. The van der Waals surface area contributed by atoms with E-state index in [0.717, 1.165) is 16.7 Å². The molecule has 3 heterocycles. The number of halogens is 1. The van der Waals surface area contributed by atoms with E-state index < -0.39 is 18.0 Å². The van der Waals surface area contributed by atoms with Gasteiger partial charge in [0.2, 0.25) is 5.95 Å². The van der Waals surface area contributed by atoms with Crippen molar-refractivity contribution in [3.8, 4) is 11.1 Å². The lowest BCUT2D eigenvalue weighted by molar-refractivity contribution is 0.0963. The van der Waals surface area contributed by atoms with Crippen LogP contribution in [0.5, 0.6) is 0 Å². The van der Waals surface area contributed by atoms with Crippen molar-refractivity contribution in [3.63, 3.8) is 0 Å². The smallest absolute Gasteiger partial charge is 0.414 e. The summed E-state index contributed by atoms with van der Waals surface area (Å²) in [6.07, 6.45) is -1.18. The van der Waals surface area contributed by atoms with Crippen LogP contribution in [0.2, 0.25) is 0 Å². The van der Waals surface area contributed by atoms with Gasteiger partial charge in [0.25, 0.3) is 0 Å². The average molecular weight is 410 g/mol. The van der Waals surface area contributed by atoms with Gasteiger partial charge in [-0.25, -0.2) is 13.9 Å². The lowest BCUT2D eigenvalue weighted by atomic mass is 10.00. The largest absolute Gasteiger partial charge is 0.441 e. The van der Waals surface area contributed by atoms with Gasteiger partial charge in [0, 0.05) is 25.7 Å². The minimum atomic E-state index is -0.594. The molecule has 0 radical (unpaired) electrons. The number of hydrogen-bond acceptors (Lipinski definition) is 7. The van der Waals surface area contributed by atoms with Gasteiger partial charge in [-0.15, -0.1) is 0 Å². The van der Waals surface area contributed by atoms with Gasteiger partial charge in [0.15, 0.2) is 0 Å². The number of aromatic nitrogens is 4. The van der Waals surface area contributed by atoms with Crippen molar-refractivity contribution in [3.05, 3.63) is 53.3 Å². The Morgan fingerprint density at radius 1 is 1.20 bits per heavy atom. The molecule has 154 valence electrons. The summed E-state index contributed by atoms with van der Waals surface area (Å²) in [5, 5.41) is 20.8. The van der Waals surface area contributed by atoms with E-state index >= 15 is 0 Å². The highest BCUT2D eigenvalue weighted by Gasteiger charge is 2.32. The quantitative estimate of drug-likeness (QED) is 0.701. The number of fused-ring (bicyclic) bond motifs is 1. The highest BCUT2D eigenvalue weighted by molar-refractivity contribution is 5.90. The molecule has 1 N–H and O–H groups in total. The number of nitrogens with zero attached hydrogens (tertiary/aromatic N) is 6. The van der Waals surface area contributed by atoms with E-state index in [4.69, 9.17) is 4.74 Å². The number of amides is 1. The van der Waals surface area contributed by atoms with Crippen molar-refractivity contribution < 1.29 is 19.0 Å². The SMILES string of the molecule is Cn1nnnc1N1Cc2ccc(-c3ccc(N4C[C@H](CO)OC4=O)cc3F)cc2C1. The molecule has 2 aromatic carbocycles. The predicted octanol–water partition coefficient (Wildman–Crippen LogP) is 1.85. The summed E-state index contributed by atoms with van der Waals surface area (Å²) in [7, 11) is 1.79. The number of benzene rings is 2. The van der Waals surface area contributed by atoms with E-state index in [0.29, 0.717) is 30.3 Å². The number of tetrazole rings is 1. The van der Waals surface area contributed by atoms with Crippen molar-refractivity contribution in [2.75, 3.05) is 23.0 Å². The molecule has 0 spiro atoms. The maximum atomic E-state index is 14.9. The van der Waals surface area contributed by atoms with Crippen LogP contribution in [0.4, 0.5) is 20.8 Å². The van der Waals surface area contributed by atoms with Crippen molar-refractivity contribution in [2.45, 2.75) is 19.2 Å². The first-order valence-corrected chi connectivity index (χ1v) is 9.51. The number of rotatable bonds is 4. The zero-order valence-corrected chi connectivity index (χ0v) is 16.2. The first kappa shape index (κ1) is 18.5. The van der Waals surface area contributed by atoms with Crippen LogP contribution in [0.15, 0.2) is 36.4 Å². The van der Waals surface area contributed by atoms with Gasteiger partial charge in [-0.1, -0.05) is 17.2 Å². The summed E-state index contributed by atoms with van der Waals surface area (Å²) in [6, 6.07) is 10.5. The van der Waals surface area contributed by atoms with Crippen molar-refractivity contribution in [1.82, 2.24) is 20.2 Å². The zero-order valence-electron chi connectivity index (χ0n) is 16.2. The summed E-state index contributed by atoms with van der Waals surface area (Å²) >= 11 is 0. The van der Waals surface area contributed by atoms with Crippen LogP contribution in [0.25, 0.3) is 11.1 Å². The Morgan fingerprint density at radius 3 is 2.73 bits per heavy atom. The Morgan fingerprint density at radius 2 is 2.03 bits per heavy atom. The van der Waals surface area contributed by atoms with E-state index in [1.807, 2.05) is 18.2 Å². The number of carbonyl (C=O) groups is 1. The van der Waals surface area contributed by atoms with Crippen LogP contribution in [-0.4, -0.2) is 50.7 Å². The zero-order chi connectivity index (χ0) is 20.8. The molecule has 1 fully saturated rings. The molecule has 10 heteroatoms. The van der Waals surface area contributed by atoms with Gasteiger partial charge in [-0.05, 0) is 51.4 Å². The summed E-state index contributed by atoms with van der Waals surface area (Å²) in [5.41, 5.74) is 3.85. The molecule has 0 aliphatic carbocycles. The molecule has 5 rings (SSSR count). The molecule has 0 bridgehead atoms. The molecule has 30 heavy (non-hydrogen) atoms. The summed E-state index contributed by atoms with van der Waals surface area (Å²) in [5.74, 6) is 0.252. The molecule has 2 aliphatic rings. The Balaban J connectivity index is 1.40. The van der Waals surface area contributed by atoms with Crippen LogP contribution in [0.3, 0.4) is 0 Å². The van der Waals surface area contributed by atoms with Gasteiger partial charge in [-0.2, -0.15) is 0 Å². The van der Waals surface area contributed by atoms with E-state index in [9.17, 15) is 14.3 Å². The topological polar surface area (TPSA) is 96.6 Å². The number of anilines is 2. The van der Waals surface area contributed by atoms with Gasteiger partial charge < -0.3 is 14.7 Å². The van der Waals surface area contributed by atoms with Crippen LogP contribution in [-0.2, 0) is 24.9 Å². The predicted molar refractivity (Wildman–Crippen MR) is 105 cm³/mol. The summed E-state index contributed by atoms with van der Waals surface area (Å²) in [6.45, 7) is 1.26. The summed E-state index contributed by atoms with van der Waals surface area (Å²) in [4.78, 5) is 15.3. The number of carbonyl (C=O) groups excluding carboxylic acids is 1. The lowest BCUT2D eigenvalue weighted by Crippen LogP contribution is -2.25. The second kappa shape index (κ2) is 7.06. The molecular formula is C20H19FN6O3. The fourth-order valence-electron chi connectivity index (χ4n) is 3.93. The number of aliphatic hydroxyl groups is 1. The molecule has 2 aliphatic heterocycles. The van der Waals surface area contributed by atoms with Crippen molar-refractivity contribution in [1.29, 1.82) is 0 Å². The summed E-state index contributed by atoms with van der Waals surface area (Å²) < 4.78 is 21.6. The highest BCUT2D eigenvalue weighted by Crippen LogP contribution is 2.33. The Bertz CT molecular complexity index is 1130. The fraction of sp³-hybridized carbons (Fsp3) is 0.300. The van der Waals surface area contributed by atoms with Crippen LogP contribution in [0.1, 0.15) is 11.1 Å². The first-order chi connectivity index (χ1) is 14.5. The van der Waals surface area contributed by atoms with Gasteiger partial charge in [-0.3, -0.25) is 4.90 Å². The van der Waals surface area contributed by atoms with E-state index in [1.54, 1.807) is 23.9 Å². The maximum absolute atomic E-state index is 14.9. The van der Waals surface area contributed by atoms with Crippen molar-refractivity contribution in [2.24, 2.45) is 7.05 Å². The third-order valence-electron chi connectivity index (χ3n) is 5.46. The molecule has 3 aromatic rings. The Kier molecular flexibility index (Phi) is 4.35. The fourth-order valence-corrected chi connectivity index (χ4v) is 3.93. The second-order valence-electron chi connectivity index (χ2n) is 7.41. The third kappa shape index (κ3) is 3.05. The van der Waals surface area contributed by atoms with Crippen LogP contribution in [0, 0.1) is 5.82 Å². The van der Waals surface area contributed by atoms with E-state index in [1.165, 1.54) is 11.0 Å². The standard InChI is InChI=1S/C20H19FN6O3/c1-25-19(22-23-24-25)26-8-13-3-2-12(6-14(13)9-26)17-5-4-15(7-18(17)21)27-10-16(11-28)30-20(27)29/h2-7,16,28H,8-11H2,1H3/t16-/m1/s1. The van der Waals surface area contributed by atoms with E-state index in [-0.39, 0.29) is 13.2 Å². The minimum Gasteiger partial charge on any atom is -0.441 e. The first-order valence-electron chi connectivity index (χ1n) is 9.51. The average Bonchev–Trinajstić information content (AvgIpc) is 3.44. The van der Waals surface area contributed by atoms with Gasteiger partial charge >= 0.3 is 6.09 Å². The molecule has 9 nitrogen and oxygen atoms in total.